The van der Waals surface area contributed by atoms with Crippen molar-refractivity contribution in [3.63, 3.8) is 0 Å². The number of piperidine rings is 1. The van der Waals surface area contributed by atoms with Gasteiger partial charge < -0.3 is 5.32 Å². The van der Waals surface area contributed by atoms with Gasteiger partial charge in [-0.25, -0.2) is 0 Å². The molecule has 0 saturated carbocycles. The quantitative estimate of drug-likeness (QED) is 0.903. The van der Waals surface area contributed by atoms with E-state index in [4.69, 9.17) is 0 Å². The lowest BCUT2D eigenvalue weighted by Crippen LogP contribution is -2.44. The maximum atomic E-state index is 12.2. The fourth-order valence-corrected chi connectivity index (χ4v) is 2.70. The van der Waals surface area contributed by atoms with E-state index in [1.807, 2.05) is 0 Å². The number of nitrogens with zero attached hydrogens (tertiary/aromatic N) is 1. The molecule has 1 fully saturated rings. The molecular weight excluding hydrogens is 260 g/mol. The number of rotatable bonds is 5. The second-order valence-corrected chi connectivity index (χ2v) is 6.58. The van der Waals surface area contributed by atoms with Crippen LogP contribution in [0, 0.1) is 11.8 Å². The van der Waals surface area contributed by atoms with Crippen LogP contribution >= 0.6 is 0 Å². The van der Waals surface area contributed by atoms with Crippen molar-refractivity contribution in [2.75, 3.05) is 13.1 Å². The zero-order valence-corrected chi connectivity index (χ0v) is 13.5. The summed E-state index contributed by atoms with van der Waals surface area (Å²) in [6.07, 6.45) is 1.95. The summed E-state index contributed by atoms with van der Waals surface area (Å²) >= 11 is 0. The first-order chi connectivity index (χ1) is 10.1. The van der Waals surface area contributed by atoms with Crippen LogP contribution in [0.1, 0.15) is 39.2 Å². The van der Waals surface area contributed by atoms with Crippen LogP contribution in [0.25, 0.3) is 0 Å². The SMILES string of the molecule is CC(C)[C@H](C)NC(=O)C1CCN(Cc2ccccc2)CC1. The average Bonchev–Trinajstić information content (AvgIpc) is 2.48. The molecule has 116 valence electrons. The molecule has 0 bridgehead atoms. The van der Waals surface area contributed by atoms with Crippen molar-refractivity contribution in [1.82, 2.24) is 10.2 Å². The summed E-state index contributed by atoms with van der Waals surface area (Å²) in [6, 6.07) is 10.8. The van der Waals surface area contributed by atoms with E-state index in [-0.39, 0.29) is 17.9 Å². The van der Waals surface area contributed by atoms with E-state index >= 15 is 0 Å². The van der Waals surface area contributed by atoms with E-state index in [2.05, 4.69) is 61.3 Å². The van der Waals surface area contributed by atoms with Crippen molar-refractivity contribution < 1.29 is 4.79 Å². The van der Waals surface area contributed by atoms with Gasteiger partial charge in [0.1, 0.15) is 0 Å². The Morgan fingerprint density at radius 2 is 1.81 bits per heavy atom. The van der Waals surface area contributed by atoms with E-state index in [0.717, 1.165) is 32.5 Å². The lowest BCUT2D eigenvalue weighted by Gasteiger charge is -2.32. The molecular formula is C18H28N2O. The summed E-state index contributed by atoms with van der Waals surface area (Å²) in [5.41, 5.74) is 1.36. The van der Waals surface area contributed by atoms with Crippen LogP contribution in [0.2, 0.25) is 0 Å². The molecule has 1 aliphatic rings. The maximum absolute atomic E-state index is 12.2. The van der Waals surface area contributed by atoms with Crippen molar-refractivity contribution >= 4 is 5.91 Å². The van der Waals surface area contributed by atoms with E-state index in [1.54, 1.807) is 0 Å². The number of hydrogen-bond donors (Lipinski definition) is 1. The van der Waals surface area contributed by atoms with Gasteiger partial charge in [0.2, 0.25) is 5.91 Å². The van der Waals surface area contributed by atoms with Crippen LogP contribution in [0.3, 0.4) is 0 Å². The summed E-state index contributed by atoms with van der Waals surface area (Å²) in [5, 5.41) is 3.16. The van der Waals surface area contributed by atoms with Gasteiger partial charge in [-0.15, -0.1) is 0 Å². The van der Waals surface area contributed by atoms with Gasteiger partial charge in [-0.1, -0.05) is 44.2 Å². The summed E-state index contributed by atoms with van der Waals surface area (Å²) in [6.45, 7) is 9.41. The number of likely N-dealkylation sites (tertiary alicyclic amines) is 1. The van der Waals surface area contributed by atoms with Crippen LogP contribution in [-0.4, -0.2) is 29.9 Å². The highest BCUT2D eigenvalue weighted by Crippen LogP contribution is 2.19. The topological polar surface area (TPSA) is 32.3 Å². The van der Waals surface area contributed by atoms with Gasteiger partial charge >= 0.3 is 0 Å². The molecule has 3 nitrogen and oxygen atoms in total. The minimum absolute atomic E-state index is 0.193. The van der Waals surface area contributed by atoms with E-state index in [9.17, 15) is 4.79 Å². The molecule has 0 radical (unpaired) electrons. The molecule has 1 atom stereocenters. The number of amides is 1. The van der Waals surface area contributed by atoms with Crippen molar-refractivity contribution in [2.24, 2.45) is 11.8 Å². The highest BCUT2D eigenvalue weighted by Gasteiger charge is 2.26. The fraction of sp³-hybridized carbons (Fsp3) is 0.611. The minimum Gasteiger partial charge on any atom is -0.353 e. The molecule has 1 N–H and O–H groups in total. The number of carbonyl (C=O) groups is 1. The highest BCUT2D eigenvalue weighted by molar-refractivity contribution is 5.79. The first kappa shape index (κ1) is 16.0. The smallest absolute Gasteiger partial charge is 0.223 e. The summed E-state index contributed by atoms with van der Waals surface area (Å²) in [7, 11) is 0. The standard InChI is InChI=1S/C18H28N2O/c1-14(2)15(3)19-18(21)17-9-11-20(12-10-17)13-16-7-5-4-6-8-16/h4-8,14-15,17H,9-13H2,1-3H3,(H,19,21)/t15-/m0/s1. The lowest BCUT2D eigenvalue weighted by atomic mass is 9.94. The van der Waals surface area contributed by atoms with Crippen LogP contribution < -0.4 is 5.32 Å². The number of carbonyl (C=O) groups excluding carboxylic acids is 1. The Morgan fingerprint density at radius 1 is 1.19 bits per heavy atom. The predicted octanol–water partition coefficient (Wildman–Crippen LogP) is 3.06. The molecule has 2 rings (SSSR count). The number of hydrogen-bond acceptors (Lipinski definition) is 2. The molecule has 0 unspecified atom stereocenters. The second kappa shape index (κ2) is 7.60. The monoisotopic (exact) mass is 288 g/mol. The van der Waals surface area contributed by atoms with Gasteiger partial charge in [0.15, 0.2) is 0 Å². The molecule has 3 heteroatoms. The van der Waals surface area contributed by atoms with Crippen LogP contribution in [0.5, 0.6) is 0 Å². The summed E-state index contributed by atoms with van der Waals surface area (Å²) < 4.78 is 0. The zero-order valence-electron chi connectivity index (χ0n) is 13.5. The predicted molar refractivity (Wildman–Crippen MR) is 86.9 cm³/mol. The lowest BCUT2D eigenvalue weighted by molar-refractivity contribution is -0.127. The highest BCUT2D eigenvalue weighted by atomic mass is 16.1. The summed E-state index contributed by atoms with van der Waals surface area (Å²) in [4.78, 5) is 14.7. The Labute approximate surface area is 128 Å². The normalized spacial score (nSPS) is 18.7. The van der Waals surface area contributed by atoms with E-state index in [1.165, 1.54) is 5.56 Å². The van der Waals surface area contributed by atoms with Crippen molar-refractivity contribution in [3.05, 3.63) is 35.9 Å². The third kappa shape index (κ3) is 4.85. The van der Waals surface area contributed by atoms with E-state index < -0.39 is 0 Å². The molecule has 0 aliphatic carbocycles. The van der Waals surface area contributed by atoms with Gasteiger partial charge in [0, 0.05) is 18.5 Å². The molecule has 1 aromatic rings. The van der Waals surface area contributed by atoms with Crippen molar-refractivity contribution in [3.8, 4) is 0 Å². The molecule has 1 amide bonds. The van der Waals surface area contributed by atoms with Crippen molar-refractivity contribution in [2.45, 2.75) is 46.2 Å². The minimum atomic E-state index is 0.193. The first-order valence-electron chi connectivity index (χ1n) is 8.13. The molecule has 1 aliphatic heterocycles. The van der Waals surface area contributed by atoms with Gasteiger partial charge in [-0.2, -0.15) is 0 Å². The molecule has 1 heterocycles. The summed E-state index contributed by atoms with van der Waals surface area (Å²) in [5.74, 6) is 0.931. The molecule has 0 aromatic heterocycles. The Morgan fingerprint density at radius 3 is 2.38 bits per heavy atom. The van der Waals surface area contributed by atoms with Crippen molar-refractivity contribution in [1.29, 1.82) is 0 Å². The van der Waals surface area contributed by atoms with Gasteiger partial charge in [0.05, 0.1) is 0 Å². The van der Waals surface area contributed by atoms with Crippen LogP contribution in [0.15, 0.2) is 30.3 Å². The third-order valence-electron chi connectivity index (χ3n) is 4.58. The van der Waals surface area contributed by atoms with Gasteiger partial charge in [0.25, 0.3) is 0 Å². The molecule has 0 spiro atoms. The third-order valence-corrected chi connectivity index (χ3v) is 4.58. The Balaban J connectivity index is 1.76. The second-order valence-electron chi connectivity index (χ2n) is 6.58. The van der Waals surface area contributed by atoms with Gasteiger partial charge in [-0.3, -0.25) is 9.69 Å². The number of benzene rings is 1. The van der Waals surface area contributed by atoms with E-state index in [0.29, 0.717) is 5.92 Å². The molecule has 1 aromatic carbocycles. The van der Waals surface area contributed by atoms with Crippen LogP contribution in [-0.2, 0) is 11.3 Å². The maximum Gasteiger partial charge on any atom is 0.223 e. The Hall–Kier alpha value is -1.35. The van der Waals surface area contributed by atoms with Crippen LogP contribution in [0.4, 0.5) is 0 Å². The fourth-order valence-electron chi connectivity index (χ4n) is 2.70. The first-order valence-corrected chi connectivity index (χ1v) is 8.13. The largest absolute Gasteiger partial charge is 0.353 e. The Kier molecular flexibility index (Phi) is 5.80. The number of nitrogens with one attached hydrogen (secondary N) is 1. The Bertz CT molecular complexity index is 436. The average molecular weight is 288 g/mol. The molecule has 1 saturated heterocycles. The van der Waals surface area contributed by atoms with Gasteiger partial charge in [-0.05, 0) is 44.3 Å². The zero-order chi connectivity index (χ0) is 15.2. The molecule has 21 heavy (non-hydrogen) atoms.